The first-order valence-electron chi connectivity index (χ1n) is 14.6. The zero-order chi connectivity index (χ0) is 32.8. The molecule has 1 saturated heterocycles. The summed E-state index contributed by atoms with van der Waals surface area (Å²) in [4.78, 5) is 39.6. The van der Waals surface area contributed by atoms with Gasteiger partial charge in [-0.05, 0) is 61.0 Å². The number of benzene rings is 2. The fourth-order valence-electron chi connectivity index (χ4n) is 5.77. The molecule has 0 aromatic heterocycles. The number of halogens is 4. The van der Waals surface area contributed by atoms with E-state index >= 15 is 0 Å². The van der Waals surface area contributed by atoms with Crippen LogP contribution in [0.4, 0.5) is 23.7 Å². The number of hydrogen-bond donors (Lipinski definition) is 2. The number of amides is 3. The number of fused-ring (bicyclic) bond motifs is 1. The van der Waals surface area contributed by atoms with Crippen LogP contribution in [-0.2, 0) is 26.3 Å². The van der Waals surface area contributed by atoms with Gasteiger partial charge in [-0.25, -0.2) is 18.0 Å². The Bertz CT molecular complexity index is 1530. The molecule has 0 radical (unpaired) electrons. The Balaban J connectivity index is 0.000000241. The molecule has 2 aliphatic heterocycles. The maximum atomic E-state index is 13.9. The summed E-state index contributed by atoms with van der Waals surface area (Å²) in [7, 11) is 0. The number of aryl methyl sites for hydroxylation is 1. The van der Waals surface area contributed by atoms with Gasteiger partial charge in [0, 0.05) is 40.7 Å². The molecule has 2 fully saturated rings. The number of dihydropyridines is 1. The number of alkyl halides is 2. The molecule has 2 heterocycles. The Morgan fingerprint density at radius 3 is 2.60 bits per heavy atom. The summed E-state index contributed by atoms with van der Waals surface area (Å²) >= 11 is 6.43. The molecule has 0 spiro atoms. The highest BCUT2D eigenvalue weighted by Crippen LogP contribution is 2.47. The van der Waals surface area contributed by atoms with E-state index in [0.29, 0.717) is 31.5 Å². The van der Waals surface area contributed by atoms with E-state index in [4.69, 9.17) is 22.8 Å². The molecule has 238 valence electrons. The smallest absolute Gasteiger partial charge is 0.411 e. The van der Waals surface area contributed by atoms with Crippen LogP contribution in [0.2, 0.25) is 5.02 Å². The number of terminal acetylenes is 1. The zero-order valence-corrected chi connectivity index (χ0v) is 25.6. The second kappa shape index (κ2) is 14.1. The number of carbonyl (C=O) groups is 3. The van der Waals surface area contributed by atoms with Gasteiger partial charge in [0.1, 0.15) is 18.6 Å². The number of anilines is 1. The van der Waals surface area contributed by atoms with Crippen LogP contribution < -0.4 is 15.5 Å². The average Bonchev–Trinajstić information content (AvgIpc) is 3.63. The van der Waals surface area contributed by atoms with Gasteiger partial charge in [0.2, 0.25) is 6.41 Å². The van der Waals surface area contributed by atoms with Gasteiger partial charge in [0.05, 0.1) is 6.54 Å². The van der Waals surface area contributed by atoms with Crippen LogP contribution in [0.3, 0.4) is 0 Å². The molecule has 2 aromatic rings. The number of allylic oxidation sites excluding steroid dienone is 2. The number of carbonyl (C=O) groups excluding carboxylic acids is 3. The highest BCUT2D eigenvalue weighted by molar-refractivity contribution is 6.32. The van der Waals surface area contributed by atoms with E-state index in [9.17, 15) is 27.6 Å². The number of cyclic esters (lactones) is 1. The minimum Gasteiger partial charge on any atom is -0.447 e. The van der Waals surface area contributed by atoms with Crippen LogP contribution in [0.25, 0.3) is 0 Å². The van der Waals surface area contributed by atoms with Crippen molar-refractivity contribution in [3.63, 3.8) is 0 Å². The summed E-state index contributed by atoms with van der Waals surface area (Å²) < 4.78 is 45.2. The Morgan fingerprint density at radius 1 is 1.24 bits per heavy atom. The molecule has 45 heavy (non-hydrogen) atoms. The molecule has 4 aliphatic rings. The van der Waals surface area contributed by atoms with Gasteiger partial charge in [-0.3, -0.25) is 19.4 Å². The molecule has 6 rings (SSSR count). The lowest BCUT2D eigenvalue weighted by Gasteiger charge is -2.42. The molecule has 2 unspecified atom stereocenters. The molecule has 12 heteroatoms. The minimum atomic E-state index is -2.80. The lowest BCUT2D eigenvalue weighted by atomic mass is 9.84. The average molecular weight is 643 g/mol. The van der Waals surface area contributed by atoms with Gasteiger partial charge in [0.25, 0.3) is 11.8 Å². The maximum absolute atomic E-state index is 13.9. The van der Waals surface area contributed by atoms with Gasteiger partial charge >= 0.3 is 6.09 Å². The molecule has 2 aliphatic carbocycles. The van der Waals surface area contributed by atoms with Crippen LogP contribution in [0.1, 0.15) is 44.2 Å². The molecule has 2 aromatic carbocycles. The monoisotopic (exact) mass is 642 g/mol. The summed E-state index contributed by atoms with van der Waals surface area (Å²) in [6, 6.07) is 9.79. The molecule has 1 saturated carbocycles. The van der Waals surface area contributed by atoms with E-state index < -0.39 is 42.1 Å². The van der Waals surface area contributed by atoms with Gasteiger partial charge in [-0.15, -0.1) is 6.42 Å². The van der Waals surface area contributed by atoms with E-state index in [2.05, 4.69) is 16.6 Å². The summed E-state index contributed by atoms with van der Waals surface area (Å²) in [6.07, 6.45) is 10.4. The first-order chi connectivity index (χ1) is 21.6. The first kappa shape index (κ1) is 33.5. The van der Waals surface area contributed by atoms with E-state index in [0.717, 1.165) is 22.1 Å². The third-order valence-corrected chi connectivity index (χ3v) is 8.15. The van der Waals surface area contributed by atoms with E-state index in [-0.39, 0.29) is 29.4 Å². The van der Waals surface area contributed by atoms with Crippen molar-refractivity contribution < 1.29 is 32.3 Å². The van der Waals surface area contributed by atoms with Crippen molar-refractivity contribution in [3.05, 3.63) is 88.4 Å². The van der Waals surface area contributed by atoms with Crippen molar-refractivity contribution in [3.8, 4) is 12.3 Å². The van der Waals surface area contributed by atoms with Crippen molar-refractivity contribution in [1.29, 1.82) is 0 Å². The fraction of sp³-hybridized carbons (Fsp3) is 0.364. The number of ether oxygens (including phenoxy) is 1. The molecular weight excluding hydrogens is 609 g/mol. The minimum absolute atomic E-state index is 0.180. The van der Waals surface area contributed by atoms with Crippen molar-refractivity contribution in [2.45, 2.75) is 63.2 Å². The van der Waals surface area contributed by atoms with Gasteiger partial charge < -0.3 is 15.4 Å². The normalized spacial score (nSPS) is 22.4. The van der Waals surface area contributed by atoms with E-state index in [1.807, 2.05) is 26.0 Å². The third-order valence-electron chi connectivity index (χ3n) is 7.84. The Morgan fingerprint density at radius 2 is 1.98 bits per heavy atom. The zero-order valence-electron chi connectivity index (χ0n) is 24.9. The predicted octanol–water partition coefficient (Wildman–Crippen LogP) is 5.66. The van der Waals surface area contributed by atoms with Crippen molar-refractivity contribution in [2.75, 3.05) is 18.1 Å². The molecule has 8 nitrogen and oxygen atoms in total. The number of rotatable bonds is 6. The highest BCUT2D eigenvalue weighted by atomic mass is 35.5. The molecule has 2 atom stereocenters. The lowest BCUT2D eigenvalue weighted by molar-refractivity contribution is -0.135. The van der Waals surface area contributed by atoms with Crippen LogP contribution in [-0.4, -0.2) is 54.6 Å². The van der Waals surface area contributed by atoms with Crippen molar-refractivity contribution in [2.24, 2.45) is 0 Å². The quantitative estimate of drug-likeness (QED) is 0.313. The van der Waals surface area contributed by atoms with Gasteiger partial charge in [-0.2, -0.15) is 0 Å². The van der Waals surface area contributed by atoms with Crippen LogP contribution in [0, 0.1) is 18.2 Å². The Kier molecular flexibility index (Phi) is 10.5. The summed E-state index contributed by atoms with van der Waals surface area (Å²) in [6.45, 7) is 5.04. The van der Waals surface area contributed by atoms with Crippen molar-refractivity contribution in [1.82, 2.24) is 15.5 Å². The van der Waals surface area contributed by atoms with E-state index in [1.165, 1.54) is 18.2 Å². The van der Waals surface area contributed by atoms with Crippen LogP contribution >= 0.6 is 11.6 Å². The third kappa shape index (κ3) is 6.96. The first-order valence-corrected chi connectivity index (χ1v) is 15.0. The summed E-state index contributed by atoms with van der Waals surface area (Å²) in [5, 5.41) is 5.97. The van der Waals surface area contributed by atoms with Gasteiger partial charge in [0.15, 0.2) is 5.54 Å². The molecule has 0 bridgehead atoms. The summed E-state index contributed by atoms with van der Waals surface area (Å²) in [5.41, 5.74) is 0.639. The number of nitrogens with zero attached hydrogens (tertiary/aromatic N) is 2. The Labute approximate surface area is 265 Å². The van der Waals surface area contributed by atoms with E-state index in [1.54, 1.807) is 29.3 Å². The Hall–Kier alpha value is -4.43. The standard InChI is InChI=1S/C21H18ClF3N2O2.C10H10N2O2.C2H6/c22-17-6-1-3-13-7-8-21(18(13)17,19(29)26-15-10-20(24,25)11-15)27(12-28)16-5-2-4-14(23)9-16;1-2-8-3-4-11-9(7-8)12-5-6-14-10(12)13;1-2/h1-6,9,12,15H,7-8,10-11H2,(H,26,29);1,3-4,7,9,11H,5-6H2;1-2H3. The predicted molar refractivity (Wildman–Crippen MR) is 165 cm³/mol. The number of hydrogen-bond acceptors (Lipinski definition) is 5. The fourth-order valence-corrected chi connectivity index (χ4v) is 6.12. The summed E-state index contributed by atoms with van der Waals surface area (Å²) in [5.74, 6) is -1.44. The molecule has 3 amide bonds. The second-order valence-electron chi connectivity index (χ2n) is 10.5. The SMILES string of the molecule is C#CC1=CC(N2CCOC2=O)NC=C1.CC.O=CN(c1cccc(F)c1)C1(C(=O)NC2CC(F)(F)C2)CCc2cccc(Cl)c21. The van der Waals surface area contributed by atoms with Crippen LogP contribution in [0.15, 0.2) is 66.4 Å². The topological polar surface area (TPSA) is 91.0 Å². The largest absolute Gasteiger partial charge is 0.447 e. The van der Waals surface area contributed by atoms with Crippen molar-refractivity contribution >= 4 is 35.7 Å². The molecule has 2 N–H and O–H groups in total. The van der Waals surface area contributed by atoms with Crippen LogP contribution in [0.5, 0.6) is 0 Å². The highest BCUT2D eigenvalue weighted by Gasteiger charge is 2.54. The second-order valence-corrected chi connectivity index (χ2v) is 11.0. The van der Waals surface area contributed by atoms with Gasteiger partial charge in [-0.1, -0.05) is 49.6 Å². The lowest BCUT2D eigenvalue weighted by Crippen LogP contribution is -2.60. The molecular formula is C33H34ClF3N4O4. The maximum Gasteiger partial charge on any atom is 0.411 e. The number of nitrogens with one attached hydrogen (secondary N) is 2.